The van der Waals surface area contributed by atoms with Crippen molar-refractivity contribution in [2.45, 2.75) is 32.7 Å². The molecule has 1 fully saturated rings. The Morgan fingerprint density at radius 2 is 2.26 bits per heavy atom. The molecule has 1 aliphatic rings. The molecule has 1 heterocycles. The molecule has 0 bridgehead atoms. The summed E-state index contributed by atoms with van der Waals surface area (Å²) in [7, 11) is 0. The fourth-order valence-corrected chi connectivity index (χ4v) is 2.51. The number of benzene rings is 1. The molecule has 0 saturated carbocycles. The normalized spacial score (nSPS) is 19.6. The van der Waals surface area contributed by atoms with Gasteiger partial charge in [0.15, 0.2) is 0 Å². The van der Waals surface area contributed by atoms with Crippen molar-refractivity contribution < 1.29 is 14.6 Å². The van der Waals surface area contributed by atoms with E-state index >= 15 is 0 Å². The first kappa shape index (κ1) is 13.9. The van der Waals surface area contributed by atoms with Gasteiger partial charge >= 0.3 is 5.97 Å². The molecule has 4 nitrogen and oxygen atoms in total. The van der Waals surface area contributed by atoms with Crippen LogP contribution in [0.15, 0.2) is 18.2 Å². The second-order valence-electron chi connectivity index (χ2n) is 5.15. The highest BCUT2D eigenvalue weighted by Gasteiger charge is 2.29. The lowest BCUT2D eigenvalue weighted by Crippen LogP contribution is -2.38. The summed E-state index contributed by atoms with van der Waals surface area (Å²) < 4.78 is 5.77. The molecule has 1 N–H and O–H groups in total. The van der Waals surface area contributed by atoms with E-state index in [1.165, 1.54) is 5.56 Å². The predicted octanol–water partition coefficient (Wildman–Crippen LogP) is 2.23. The van der Waals surface area contributed by atoms with Gasteiger partial charge in [-0.05, 0) is 50.4 Å². The number of carbonyl (C=O) groups is 1. The molecular formula is C15H21NO3. The van der Waals surface area contributed by atoms with Gasteiger partial charge in [-0.3, -0.25) is 9.69 Å². The summed E-state index contributed by atoms with van der Waals surface area (Å²) in [6, 6.07) is 5.79. The van der Waals surface area contributed by atoms with Crippen LogP contribution in [0.1, 0.15) is 24.0 Å². The van der Waals surface area contributed by atoms with Crippen molar-refractivity contribution in [3.8, 4) is 5.75 Å². The minimum atomic E-state index is -0.718. The summed E-state index contributed by atoms with van der Waals surface area (Å²) in [4.78, 5) is 13.1. The molecule has 0 aliphatic carbocycles. The predicted molar refractivity (Wildman–Crippen MR) is 73.6 cm³/mol. The van der Waals surface area contributed by atoms with Crippen LogP contribution >= 0.6 is 0 Å². The van der Waals surface area contributed by atoms with Crippen molar-refractivity contribution in [2.24, 2.45) is 0 Å². The van der Waals surface area contributed by atoms with Crippen LogP contribution in [-0.4, -0.2) is 41.7 Å². The quantitative estimate of drug-likeness (QED) is 0.885. The van der Waals surface area contributed by atoms with E-state index in [9.17, 15) is 4.79 Å². The molecule has 1 unspecified atom stereocenters. The zero-order valence-corrected chi connectivity index (χ0v) is 11.6. The van der Waals surface area contributed by atoms with E-state index in [0.717, 1.165) is 30.7 Å². The van der Waals surface area contributed by atoms with Crippen LogP contribution in [0.3, 0.4) is 0 Å². The topological polar surface area (TPSA) is 49.8 Å². The molecule has 0 amide bonds. The maximum atomic E-state index is 11.1. The van der Waals surface area contributed by atoms with Crippen LogP contribution in [-0.2, 0) is 4.79 Å². The van der Waals surface area contributed by atoms with Gasteiger partial charge in [-0.25, -0.2) is 0 Å². The third-order valence-corrected chi connectivity index (χ3v) is 3.63. The van der Waals surface area contributed by atoms with Crippen LogP contribution in [0.4, 0.5) is 0 Å². The molecule has 19 heavy (non-hydrogen) atoms. The van der Waals surface area contributed by atoms with E-state index in [4.69, 9.17) is 9.84 Å². The van der Waals surface area contributed by atoms with Gasteiger partial charge in [0.2, 0.25) is 0 Å². The fraction of sp³-hybridized carbons (Fsp3) is 0.533. The van der Waals surface area contributed by atoms with Gasteiger partial charge in [0.25, 0.3) is 0 Å². The highest BCUT2D eigenvalue weighted by atomic mass is 16.5. The summed E-state index contributed by atoms with van der Waals surface area (Å²) in [6.45, 7) is 6.11. The molecule has 4 heteroatoms. The number of nitrogens with zero attached hydrogens (tertiary/aromatic N) is 1. The van der Waals surface area contributed by atoms with Gasteiger partial charge in [0.1, 0.15) is 18.4 Å². The molecule has 1 aromatic rings. The third kappa shape index (κ3) is 3.47. The van der Waals surface area contributed by atoms with E-state index in [0.29, 0.717) is 13.2 Å². The maximum Gasteiger partial charge on any atom is 0.320 e. The number of aliphatic carboxylic acids is 1. The summed E-state index contributed by atoms with van der Waals surface area (Å²) in [5.41, 5.74) is 2.28. The zero-order valence-electron chi connectivity index (χ0n) is 11.6. The SMILES string of the molecule is Cc1ccc(C)c(OCCN2CCCC2C(=O)O)c1. The molecule has 0 spiro atoms. The number of likely N-dealkylation sites (tertiary alicyclic amines) is 1. The minimum absolute atomic E-state index is 0.331. The maximum absolute atomic E-state index is 11.1. The van der Waals surface area contributed by atoms with Gasteiger partial charge in [-0.15, -0.1) is 0 Å². The van der Waals surface area contributed by atoms with Gasteiger partial charge in [-0.1, -0.05) is 12.1 Å². The molecule has 0 radical (unpaired) electrons. The molecular weight excluding hydrogens is 242 g/mol. The number of ether oxygens (including phenoxy) is 1. The van der Waals surface area contributed by atoms with Crippen LogP contribution < -0.4 is 4.74 Å². The summed E-state index contributed by atoms with van der Waals surface area (Å²) in [5.74, 6) is 0.176. The van der Waals surface area contributed by atoms with Gasteiger partial charge < -0.3 is 9.84 Å². The number of aryl methyl sites for hydroxylation is 2. The molecule has 0 aromatic heterocycles. The van der Waals surface area contributed by atoms with E-state index in [-0.39, 0.29) is 6.04 Å². The minimum Gasteiger partial charge on any atom is -0.492 e. The van der Waals surface area contributed by atoms with Gasteiger partial charge in [-0.2, -0.15) is 0 Å². The second-order valence-corrected chi connectivity index (χ2v) is 5.15. The largest absolute Gasteiger partial charge is 0.492 e. The number of carboxylic acids is 1. The first-order chi connectivity index (χ1) is 9.08. The van der Waals surface area contributed by atoms with Crippen molar-refractivity contribution in [3.05, 3.63) is 29.3 Å². The van der Waals surface area contributed by atoms with Gasteiger partial charge in [0.05, 0.1) is 0 Å². The van der Waals surface area contributed by atoms with Crippen molar-refractivity contribution in [3.63, 3.8) is 0 Å². The molecule has 1 aromatic carbocycles. The Morgan fingerprint density at radius 1 is 1.47 bits per heavy atom. The lowest BCUT2D eigenvalue weighted by atomic mass is 10.1. The second kappa shape index (κ2) is 6.06. The van der Waals surface area contributed by atoms with Crippen LogP contribution in [0, 0.1) is 13.8 Å². The standard InChI is InChI=1S/C15H21NO3/c1-11-5-6-12(2)14(10-11)19-9-8-16-7-3-4-13(16)15(17)18/h5-6,10,13H,3-4,7-9H2,1-2H3,(H,17,18). The van der Waals surface area contributed by atoms with E-state index in [1.807, 2.05) is 30.9 Å². The Kier molecular flexibility index (Phi) is 4.43. The number of rotatable bonds is 5. The summed E-state index contributed by atoms with van der Waals surface area (Å²) >= 11 is 0. The van der Waals surface area contributed by atoms with Crippen molar-refractivity contribution >= 4 is 5.97 Å². The number of carboxylic acid groups (broad SMARTS) is 1. The highest BCUT2D eigenvalue weighted by molar-refractivity contribution is 5.73. The van der Waals surface area contributed by atoms with E-state index in [1.54, 1.807) is 0 Å². The molecule has 1 atom stereocenters. The Balaban J connectivity index is 1.86. The van der Waals surface area contributed by atoms with E-state index < -0.39 is 5.97 Å². The Hall–Kier alpha value is -1.55. The first-order valence-electron chi connectivity index (χ1n) is 6.75. The van der Waals surface area contributed by atoms with Crippen LogP contribution in [0.25, 0.3) is 0 Å². The van der Waals surface area contributed by atoms with Crippen molar-refractivity contribution in [2.75, 3.05) is 19.7 Å². The summed E-state index contributed by atoms with van der Waals surface area (Å²) in [6.07, 6.45) is 1.71. The Bertz CT molecular complexity index is 459. The smallest absolute Gasteiger partial charge is 0.320 e. The number of hydrogen-bond acceptors (Lipinski definition) is 3. The average Bonchev–Trinajstić information content (AvgIpc) is 2.82. The fourth-order valence-electron chi connectivity index (χ4n) is 2.51. The van der Waals surface area contributed by atoms with Crippen molar-refractivity contribution in [1.29, 1.82) is 0 Å². The third-order valence-electron chi connectivity index (χ3n) is 3.63. The lowest BCUT2D eigenvalue weighted by molar-refractivity contribution is -0.142. The average molecular weight is 263 g/mol. The molecule has 104 valence electrons. The Morgan fingerprint density at radius 3 is 3.00 bits per heavy atom. The first-order valence-corrected chi connectivity index (χ1v) is 6.75. The lowest BCUT2D eigenvalue weighted by Gasteiger charge is -2.21. The monoisotopic (exact) mass is 263 g/mol. The van der Waals surface area contributed by atoms with E-state index in [2.05, 4.69) is 6.07 Å². The van der Waals surface area contributed by atoms with Crippen LogP contribution in [0.5, 0.6) is 5.75 Å². The summed E-state index contributed by atoms with van der Waals surface area (Å²) in [5, 5.41) is 9.10. The molecule has 1 saturated heterocycles. The number of hydrogen-bond donors (Lipinski definition) is 1. The molecule has 1 aliphatic heterocycles. The zero-order chi connectivity index (χ0) is 13.8. The van der Waals surface area contributed by atoms with Crippen molar-refractivity contribution in [1.82, 2.24) is 4.90 Å². The van der Waals surface area contributed by atoms with Gasteiger partial charge in [0, 0.05) is 6.54 Å². The van der Waals surface area contributed by atoms with Crippen LogP contribution in [0.2, 0.25) is 0 Å². The Labute approximate surface area is 114 Å². The highest BCUT2D eigenvalue weighted by Crippen LogP contribution is 2.20. The molecule has 2 rings (SSSR count).